The second kappa shape index (κ2) is 5.33. The Labute approximate surface area is 114 Å². The molecule has 1 fully saturated rings. The number of nitrogen functional groups attached to an aromatic ring is 2. The summed E-state index contributed by atoms with van der Waals surface area (Å²) in [5, 5.41) is 0. The van der Waals surface area contributed by atoms with Crippen molar-refractivity contribution in [3.05, 3.63) is 48.0 Å². The Balaban J connectivity index is 0.00000133. The van der Waals surface area contributed by atoms with Gasteiger partial charge in [-0.15, -0.1) is 0 Å². The smallest absolute Gasteiger partial charge is 0.0850 e. The summed E-state index contributed by atoms with van der Waals surface area (Å²) < 4.78 is 5.23. The van der Waals surface area contributed by atoms with Crippen molar-refractivity contribution in [2.45, 2.75) is 20.0 Å². The fourth-order valence-electron chi connectivity index (χ4n) is 2.16. The lowest BCUT2D eigenvalue weighted by atomic mass is 9.98. The van der Waals surface area contributed by atoms with Crippen molar-refractivity contribution in [2.75, 3.05) is 18.1 Å². The van der Waals surface area contributed by atoms with E-state index in [9.17, 15) is 0 Å². The molecule has 4 N–H and O–H groups in total. The summed E-state index contributed by atoms with van der Waals surface area (Å²) in [4.78, 5) is 0. The normalized spacial score (nSPS) is 16.7. The number of nitrogens with two attached hydrogens (primary N) is 2. The topological polar surface area (TPSA) is 64.6 Å². The molecular formula is C16H20N2O. The van der Waals surface area contributed by atoms with Crippen LogP contribution in [0.4, 0.5) is 11.4 Å². The van der Waals surface area contributed by atoms with Crippen LogP contribution in [0, 0.1) is 0 Å². The van der Waals surface area contributed by atoms with Crippen molar-refractivity contribution < 1.29 is 4.74 Å². The summed E-state index contributed by atoms with van der Waals surface area (Å²) >= 11 is 0. The summed E-state index contributed by atoms with van der Waals surface area (Å²) in [6, 6.07) is 14.1. The van der Waals surface area contributed by atoms with Crippen LogP contribution < -0.4 is 11.5 Å². The van der Waals surface area contributed by atoms with Gasteiger partial charge in [0.05, 0.1) is 24.1 Å². The van der Waals surface area contributed by atoms with Gasteiger partial charge in [0, 0.05) is 12.0 Å². The van der Waals surface area contributed by atoms with Crippen LogP contribution >= 0.6 is 0 Å². The van der Waals surface area contributed by atoms with Gasteiger partial charge in [0.15, 0.2) is 0 Å². The van der Waals surface area contributed by atoms with E-state index in [-0.39, 0.29) is 7.43 Å². The zero-order chi connectivity index (χ0) is 12.5. The van der Waals surface area contributed by atoms with E-state index in [1.807, 2.05) is 36.4 Å². The molecule has 0 amide bonds. The number of ether oxygens (including phenoxy) is 1. The molecular weight excluding hydrogens is 236 g/mol. The lowest BCUT2D eigenvalue weighted by molar-refractivity contribution is 0.408. The van der Waals surface area contributed by atoms with Gasteiger partial charge < -0.3 is 16.2 Å². The Kier molecular flexibility index (Phi) is 3.76. The fraction of sp³-hybridized carbons (Fsp3) is 0.250. The second-order valence-corrected chi connectivity index (χ2v) is 4.63. The van der Waals surface area contributed by atoms with E-state index in [1.54, 1.807) is 0 Å². The van der Waals surface area contributed by atoms with Crippen LogP contribution in [0.5, 0.6) is 0 Å². The number of anilines is 2. The van der Waals surface area contributed by atoms with E-state index in [1.165, 1.54) is 0 Å². The van der Waals surface area contributed by atoms with Crippen LogP contribution in [0.25, 0.3) is 11.1 Å². The van der Waals surface area contributed by atoms with Gasteiger partial charge in [-0.25, -0.2) is 0 Å². The molecule has 0 bridgehead atoms. The highest BCUT2D eigenvalue weighted by atomic mass is 16.6. The van der Waals surface area contributed by atoms with Crippen molar-refractivity contribution in [1.29, 1.82) is 0 Å². The minimum atomic E-state index is 0. The molecule has 2 aromatic carbocycles. The van der Waals surface area contributed by atoms with E-state index in [4.69, 9.17) is 16.2 Å². The Hall–Kier alpha value is -2.00. The van der Waals surface area contributed by atoms with Crippen molar-refractivity contribution in [3.8, 4) is 11.1 Å². The Morgan fingerprint density at radius 3 is 2.32 bits per heavy atom. The standard InChI is InChI=1S/C15H16N2O.CH4/c16-14-11(8-12-9-18-12)6-7-13(15(14)17)10-4-2-1-3-5-10;/h1-7,12H,8-9,16-17H2;1H4. The van der Waals surface area contributed by atoms with Gasteiger partial charge in [-0.3, -0.25) is 0 Å². The molecule has 2 aromatic rings. The molecule has 1 aliphatic rings. The molecule has 3 nitrogen and oxygen atoms in total. The van der Waals surface area contributed by atoms with E-state index < -0.39 is 0 Å². The zero-order valence-corrected chi connectivity index (χ0v) is 10.1. The molecule has 3 heteroatoms. The molecule has 1 saturated heterocycles. The summed E-state index contributed by atoms with van der Waals surface area (Å²) in [6.45, 7) is 0.833. The average molecular weight is 256 g/mol. The van der Waals surface area contributed by atoms with Crippen LogP contribution in [0.3, 0.4) is 0 Å². The number of hydrogen-bond acceptors (Lipinski definition) is 3. The fourth-order valence-corrected chi connectivity index (χ4v) is 2.16. The summed E-state index contributed by atoms with van der Waals surface area (Å²) in [7, 11) is 0. The van der Waals surface area contributed by atoms with Crippen LogP contribution in [0.2, 0.25) is 0 Å². The van der Waals surface area contributed by atoms with Gasteiger partial charge in [0.2, 0.25) is 0 Å². The Bertz CT molecular complexity index is 562. The third-order valence-corrected chi connectivity index (χ3v) is 3.31. The zero-order valence-electron chi connectivity index (χ0n) is 10.1. The highest BCUT2D eigenvalue weighted by Crippen LogP contribution is 2.34. The van der Waals surface area contributed by atoms with Crippen molar-refractivity contribution in [3.63, 3.8) is 0 Å². The minimum absolute atomic E-state index is 0. The Morgan fingerprint density at radius 2 is 1.68 bits per heavy atom. The highest BCUT2D eigenvalue weighted by Gasteiger charge is 2.24. The van der Waals surface area contributed by atoms with E-state index in [0.717, 1.165) is 29.7 Å². The second-order valence-electron chi connectivity index (χ2n) is 4.63. The summed E-state index contributed by atoms with van der Waals surface area (Å²) in [6.07, 6.45) is 1.18. The van der Waals surface area contributed by atoms with Crippen LogP contribution in [-0.2, 0) is 11.2 Å². The lowest BCUT2D eigenvalue weighted by Gasteiger charge is -2.12. The third kappa shape index (κ3) is 2.71. The lowest BCUT2D eigenvalue weighted by Crippen LogP contribution is -2.04. The molecule has 0 aliphatic carbocycles. The Morgan fingerprint density at radius 1 is 1.00 bits per heavy atom. The molecule has 0 radical (unpaired) electrons. The predicted octanol–water partition coefficient (Wildman–Crippen LogP) is 3.10. The number of hydrogen-bond donors (Lipinski definition) is 2. The molecule has 0 aromatic heterocycles. The molecule has 1 heterocycles. The average Bonchev–Trinajstić information content (AvgIpc) is 3.20. The molecule has 3 rings (SSSR count). The van der Waals surface area contributed by atoms with Gasteiger partial charge in [0.1, 0.15) is 0 Å². The molecule has 1 unspecified atom stereocenters. The molecule has 1 atom stereocenters. The first kappa shape index (κ1) is 13.4. The first-order chi connectivity index (χ1) is 8.75. The first-order valence-corrected chi connectivity index (χ1v) is 6.09. The largest absolute Gasteiger partial charge is 0.397 e. The monoisotopic (exact) mass is 256 g/mol. The van der Waals surface area contributed by atoms with Gasteiger partial charge in [-0.2, -0.15) is 0 Å². The van der Waals surface area contributed by atoms with Crippen LogP contribution in [-0.4, -0.2) is 12.7 Å². The predicted molar refractivity (Wildman–Crippen MR) is 80.9 cm³/mol. The molecule has 100 valence electrons. The van der Waals surface area contributed by atoms with Gasteiger partial charge >= 0.3 is 0 Å². The molecule has 0 spiro atoms. The molecule has 0 saturated carbocycles. The van der Waals surface area contributed by atoms with E-state index in [2.05, 4.69) is 6.07 Å². The maximum absolute atomic E-state index is 6.15. The van der Waals surface area contributed by atoms with Gasteiger partial charge in [-0.05, 0) is 11.1 Å². The maximum Gasteiger partial charge on any atom is 0.0850 e. The summed E-state index contributed by atoms with van der Waals surface area (Å²) in [5.74, 6) is 0. The molecule has 19 heavy (non-hydrogen) atoms. The van der Waals surface area contributed by atoms with Crippen molar-refractivity contribution >= 4 is 11.4 Å². The van der Waals surface area contributed by atoms with Crippen LogP contribution in [0.1, 0.15) is 13.0 Å². The number of rotatable bonds is 3. The highest BCUT2D eigenvalue weighted by molar-refractivity contribution is 5.86. The van der Waals surface area contributed by atoms with E-state index >= 15 is 0 Å². The maximum atomic E-state index is 6.15. The van der Waals surface area contributed by atoms with Crippen molar-refractivity contribution in [1.82, 2.24) is 0 Å². The summed E-state index contributed by atoms with van der Waals surface area (Å²) in [5.41, 5.74) is 16.8. The molecule has 1 aliphatic heterocycles. The van der Waals surface area contributed by atoms with Gasteiger partial charge in [-0.1, -0.05) is 49.9 Å². The SMILES string of the molecule is C.Nc1c(CC2CO2)ccc(-c2ccccc2)c1N. The minimum Gasteiger partial charge on any atom is -0.397 e. The first-order valence-electron chi connectivity index (χ1n) is 6.09. The van der Waals surface area contributed by atoms with E-state index in [0.29, 0.717) is 17.5 Å². The van der Waals surface area contributed by atoms with Gasteiger partial charge in [0.25, 0.3) is 0 Å². The number of benzene rings is 2. The number of epoxide rings is 1. The third-order valence-electron chi connectivity index (χ3n) is 3.31. The van der Waals surface area contributed by atoms with Crippen LogP contribution in [0.15, 0.2) is 42.5 Å². The quantitative estimate of drug-likeness (QED) is 0.655. The van der Waals surface area contributed by atoms with Crippen molar-refractivity contribution in [2.24, 2.45) is 0 Å².